The van der Waals surface area contributed by atoms with Crippen molar-refractivity contribution in [1.82, 2.24) is 15.3 Å². The summed E-state index contributed by atoms with van der Waals surface area (Å²) in [5.41, 5.74) is 1.90. The minimum Gasteiger partial charge on any atom is -0.491 e. The molecule has 3 aromatic carbocycles. The molecule has 7 heteroatoms. The Morgan fingerprint density at radius 2 is 1.51 bits per heavy atom. The molecule has 0 bridgehead atoms. The van der Waals surface area contributed by atoms with Gasteiger partial charge in [0.2, 0.25) is 0 Å². The van der Waals surface area contributed by atoms with E-state index in [-0.39, 0.29) is 13.2 Å². The number of amides is 1. The number of hydrogen-bond acceptors (Lipinski definition) is 5. The predicted octanol–water partition coefficient (Wildman–Crippen LogP) is 5.54. The van der Waals surface area contributed by atoms with Crippen LogP contribution >= 0.6 is 0 Å². The van der Waals surface area contributed by atoms with Crippen LogP contribution in [0.5, 0.6) is 11.5 Å². The quantitative estimate of drug-likeness (QED) is 0.312. The van der Waals surface area contributed by atoms with Crippen LogP contribution in [-0.4, -0.2) is 40.4 Å². The third-order valence-electron chi connectivity index (χ3n) is 5.64. The third kappa shape index (κ3) is 5.47. The minimum atomic E-state index is -1.14. The average molecular weight is 466 g/mol. The molecular formula is C28H23N3O4. The lowest BCUT2D eigenvalue weighted by Crippen LogP contribution is -2.42. The molecule has 2 aromatic heterocycles. The Hall–Kier alpha value is -4.65. The van der Waals surface area contributed by atoms with Crippen LogP contribution in [0.3, 0.4) is 0 Å². The number of hydrogen-bond donors (Lipinski definition) is 2. The van der Waals surface area contributed by atoms with Gasteiger partial charge in [-0.1, -0.05) is 42.5 Å². The Kier molecular flexibility index (Phi) is 6.39. The first-order valence-electron chi connectivity index (χ1n) is 11.2. The summed E-state index contributed by atoms with van der Waals surface area (Å²) >= 11 is 0. The second kappa shape index (κ2) is 10.1. The van der Waals surface area contributed by atoms with Gasteiger partial charge in [-0.05, 0) is 52.1 Å². The number of carbonyl (C=O) groups is 1. The molecule has 35 heavy (non-hydrogen) atoms. The van der Waals surface area contributed by atoms with Crippen LogP contribution in [0.2, 0.25) is 0 Å². The molecule has 0 aliphatic heterocycles. The van der Waals surface area contributed by atoms with Crippen molar-refractivity contribution in [2.45, 2.75) is 6.04 Å². The van der Waals surface area contributed by atoms with E-state index in [2.05, 4.69) is 21.4 Å². The van der Waals surface area contributed by atoms with Gasteiger partial charge in [0.25, 0.3) is 0 Å². The van der Waals surface area contributed by atoms with Crippen LogP contribution in [0.15, 0.2) is 97.6 Å². The van der Waals surface area contributed by atoms with Crippen LogP contribution in [0.1, 0.15) is 0 Å². The van der Waals surface area contributed by atoms with Crippen LogP contribution in [-0.2, 0) is 0 Å². The molecule has 0 spiro atoms. The van der Waals surface area contributed by atoms with Crippen molar-refractivity contribution in [2.75, 3.05) is 13.2 Å². The molecule has 1 unspecified atom stereocenters. The van der Waals surface area contributed by atoms with E-state index in [0.29, 0.717) is 11.5 Å². The smallest absolute Gasteiger partial charge is 0.405 e. The summed E-state index contributed by atoms with van der Waals surface area (Å²) in [6, 6.07) is 23.1. The zero-order chi connectivity index (χ0) is 24.0. The lowest BCUT2D eigenvalue weighted by atomic mass is 10.0. The summed E-state index contributed by atoms with van der Waals surface area (Å²) in [4.78, 5) is 19.8. The first-order valence-corrected chi connectivity index (χ1v) is 11.2. The number of nitrogens with one attached hydrogen (secondary N) is 1. The van der Waals surface area contributed by atoms with E-state index in [1.54, 1.807) is 18.6 Å². The van der Waals surface area contributed by atoms with Gasteiger partial charge >= 0.3 is 6.09 Å². The van der Waals surface area contributed by atoms with Gasteiger partial charge in [-0.3, -0.25) is 9.97 Å². The molecule has 0 aliphatic carbocycles. The maximum Gasteiger partial charge on any atom is 0.405 e. The molecule has 5 aromatic rings. The fourth-order valence-electron chi connectivity index (χ4n) is 3.88. The number of benzene rings is 3. The van der Waals surface area contributed by atoms with E-state index in [0.717, 1.165) is 32.7 Å². The van der Waals surface area contributed by atoms with Crippen LogP contribution in [0, 0.1) is 0 Å². The Labute approximate surface area is 202 Å². The highest BCUT2D eigenvalue weighted by Gasteiger charge is 2.14. The summed E-state index contributed by atoms with van der Waals surface area (Å²) in [5.74, 6) is 1.20. The normalized spacial score (nSPS) is 11.8. The van der Waals surface area contributed by atoms with E-state index in [9.17, 15) is 9.90 Å². The van der Waals surface area contributed by atoms with E-state index in [1.807, 2.05) is 72.9 Å². The second-order valence-corrected chi connectivity index (χ2v) is 8.12. The Balaban J connectivity index is 1.26. The molecule has 174 valence electrons. The maximum atomic E-state index is 11.3. The highest BCUT2D eigenvalue weighted by Crippen LogP contribution is 2.26. The van der Waals surface area contributed by atoms with Gasteiger partial charge in [-0.15, -0.1) is 0 Å². The molecule has 2 heterocycles. The van der Waals surface area contributed by atoms with Crippen molar-refractivity contribution in [3.63, 3.8) is 0 Å². The summed E-state index contributed by atoms with van der Waals surface area (Å²) in [5, 5.41) is 16.0. The number of rotatable bonds is 8. The molecule has 0 saturated heterocycles. The molecule has 0 radical (unpaired) electrons. The molecule has 1 amide bonds. The van der Waals surface area contributed by atoms with Gasteiger partial charge in [0.05, 0.1) is 6.20 Å². The number of ether oxygens (including phenoxy) is 2. The number of aromatic nitrogens is 2. The summed E-state index contributed by atoms with van der Waals surface area (Å²) < 4.78 is 11.8. The summed E-state index contributed by atoms with van der Waals surface area (Å²) in [6.45, 7) is 0.213. The SMILES string of the molecule is O=C(O)NC(COc1cncc(-c2ccc3cnccc3c2)c1)COc1ccc2ccccc2c1. The van der Waals surface area contributed by atoms with Gasteiger partial charge in [0.1, 0.15) is 30.8 Å². The Bertz CT molecular complexity index is 1490. The van der Waals surface area contributed by atoms with Crippen LogP contribution < -0.4 is 14.8 Å². The number of fused-ring (bicyclic) bond motifs is 2. The highest BCUT2D eigenvalue weighted by molar-refractivity contribution is 5.86. The number of pyridine rings is 2. The standard InChI is InChI=1S/C28H23N3O4/c32-28(33)31-25(17-34-26-8-7-19-3-1-2-4-20(19)12-26)18-35-27-13-24(15-30-16-27)21-5-6-23-14-29-10-9-22(23)11-21/h1-16,25,31H,17-18H2,(H,32,33). The Morgan fingerprint density at radius 1 is 0.743 bits per heavy atom. The molecule has 0 fully saturated rings. The lowest BCUT2D eigenvalue weighted by molar-refractivity contribution is 0.162. The maximum absolute atomic E-state index is 11.3. The van der Waals surface area contributed by atoms with Crippen molar-refractivity contribution in [3.05, 3.63) is 97.6 Å². The van der Waals surface area contributed by atoms with Gasteiger partial charge in [-0.25, -0.2) is 4.79 Å². The van der Waals surface area contributed by atoms with Crippen molar-refractivity contribution >= 4 is 27.6 Å². The lowest BCUT2D eigenvalue weighted by Gasteiger charge is -2.19. The van der Waals surface area contributed by atoms with E-state index in [4.69, 9.17) is 9.47 Å². The van der Waals surface area contributed by atoms with Crippen molar-refractivity contribution in [3.8, 4) is 22.6 Å². The highest BCUT2D eigenvalue weighted by atomic mass is 16.5. The van der Waals surface area contributed by atoms with Gasteiger partial charge in [-0.2, -0.15) is 0 Å². The molecule has 1 atom stereocenters. The fraction of sp³-hybridized carbons (Fsp3) is 0.107. The zero-order valence-corrected chi connectivity index (χ0v) is 18.8. The van der Waals surface area contributed by atoms with Crippen LogP contribution in [0.4, 0.5) is 4.79 Å². The molecule has 7 nitrogen and oxygen atoms in total. The molecule has 0 saturated carbocycles. The number of carboxylic acid groups (broad SMARTS) is 1. The average Bonchev–Trinajstić information content (AvgIpc) is 2.89. The first-order chi connectivity index (χ1) is 17.1. The minimum absolute atomic E-state index is 0.0917. The Morgan fingerprint density at radius 3 is 2.37 bits per heavy atom. The molecule has 2 N–H and O–H groups in total. The van der Waals surface area contributed by atoms with Crippen molar-refractivity contribution in [1.29, 1.82) is 0 Å². The third-order valence-corrected chi connectivity index (χ3v) is 5.64. The van der Waals surface area contributed by atoms with Gasteiger partial charge < -0.3 is 19.9 Å². The second-order valence-electron chi connectivity index (χ2n) is 8.12. The largest absolute Gasteiger partial charge is 0.491 e. The van der Waals surface area contributed by atoms with Gasteiger partial charge in [0, 0.05) is 29.5 Å². The number of nitrogens with zero attached hydrogens (tertiary/aromatic N) is 2. The van der Waals surface area contributed by atoms with E-state index >= 15 is 0 Å². The molecular weight excluding hydrogens is 442 g/mol. The van der Waals surface area contributed by atoms with Crippen molar-refractivity contribution in [2.24, 2.45) is 0 Å². The topological polar surface area (TPSA) is 93.6 Å². The summed E-state index contributed by atoms with van der Waals surface area (Å²) in [6.07, 6.45) is 5.83. The monoisotopic (exact) mass is 465 g/mol. The first kappa shape index (κ1) is 22.2. The van der Waals surface area contributed by atoms with Crippen molar-refractivity contribution < 1.29 is 19.4 Å². The predicted molar refractivity (Wildman–Crippen MR) is 135 cm³/mol. The van der Waals surface area contributed by atoms with E-state index < -0.39 is 12.1 Å². The molecule has 5 rings (SSSR count). The van der Waals surface area contributed by atoms with Gasteiger partial charge in [0.15, 0.2) is 0 Å². The fourth-order valence-corrected chi connectivity index (χ4v) is 3.88. The van der Waals surface area contributed by atoms with E-state index in [1.165, 1.54) is 0 Å². The summed E-state index contributed by atoms with van der Waals surface area (Å²) in [7, 11) is 0. The molecule has 0 aliphatic rings. The zero-order valence-electron chi connectivity index (χ0n) is 18.8. The van der Waals surface area contributed by atoms with Crippen LogP contribution in [0.25, 0.3) is 32.7 Å².